The van der Waals surface area contributed by atoms with Crippen LogP contribution in [0.25, 0.3) is 0 Å². The maximum atomic E-state index is 12.4. The Balaban J connectivity index is 1.43. The van der Waals surface area contributed by atoms with E-state index in [4.69, 9.17) is 4.74 Å². The van der Waals surface area contributed by atoms with Gasteiger partial charge in [0.2, 0.25) is 15.9 Å². The monoisotopic (exact) mass is 440 g/mol. The maximum Gasteiger partial charge on any atom is 0.236 e. The van der Waals surface area contributed by atoms with Crippen molar-refractivity contribution >= 4 is 27.7 Å². The summed E-state index contributed by atoms with van der Waals surface area (Å²) in [5, 5.41) is 11.4. The van der Waals surface area contributed by atoms with Crippen molar-refractivity contribution < 1.29 is 23.1 Å². The number of benzene rings is 1. The molecule has 160 valence electrons. The smallest absolute Gasteiger partial charge is 0.236 e. The molecule has 0 spiro atoms. The van der Waals surface area contributed by atoms with Crippen LogP contribution in [0.5, 0.6) is 5.75 Å². The first-order valence-corrected chi connectivity index (χ1v) is 12.4. The number of carbonyl (C=O) groups excluding carboxylic acids is 1. The highest BCUT2D eigenvalue weighted by molar-refractivity contribution is 8.01. The molecule has 3 N–H and O–H groups in total. The number of allylic oxidation sites excluding steroid dienone is 2. The second-order valence-corrected chi connectivity index (χ2v) is 10.6. The molecule has 0 radical (unpaired) electrons. The van der Waals surface area contributed by atoms with E-state index in [0.717, 1.165) is 29.7 Å². The van der Waals surface area contributed by atoms with Gasteiger partial charge in [0, 0.05) is 6.04 Å². The van der Waals surface area contributed by atoms with Gasteiger partial charge in [0.1, 0.15) is 5.75 Å². The highest BCUT2D eigenvalue weighted by Gasteiger charge is 2.30. The predicted molar refractivity (Wildman–Crippen MR) is 114 cm³/mol. The molecule has 1 amide bonds. The molecule has 3 rings (SSSR count). The Morgan fingerprint density at radius 3 is 2.86 bits per heavy atom. The Labute approximate surface area is 176 Å². The van der Waals surface area contributed by atoms with Crippen molar-refractivity contribution in [1.82, 2.24) is 10.0 Å². The van der Waals surface area contributed by atoms with E-state index in [2.05, 4.69) is 10.0 Å². The van der Waals surface area contributed by atoms with Crippen LogP contribution >= 0.6 is 11.8 Å². The first kappa shape index (κ1) is 22.1. The number of thioether (sulfide) groups is 1. The molecule has 7 nitrogen and oxygen atoms in total. The molecular formula is C20H28N2O5S2. The fourth-order valence-electron chi connectivity index (χ4n) is 2.96. The van der Waals surface area contributed by atoms with Crippen LogP contribution in [0.4, 0.5) is 0 Å². The number of ether oxygens (including phenoxy) is 1. The van der Waals surface area contributed by atoms with Gasteiger partial charge in [0.15, 0.2) is 5.56 Å². The maximum absolute atomic E-state index is 12.4. The topological polar surface area (TPSA) is 105 Å². The van der Waals surface area contributed by atoms with E-state index in [1.807, 2.05) is 31.2 Å². The van der Waals surface area contributed by atoms with E-state index in [9.17, 15) is 18.3 Å². The number of carbonyl (C=O) groups is 1. The number of sulfonamides is 1. The minimum absolute atomic E-state index is 0.0294. The summed E-state index contributed by atoms with van der Waals surface area (Å²) < 4.78 is 33.2. The molecule has 2 fully saturated rings. The summed E-state index contributed by atoms with van der Waals surface area (Å²) in [5.41, 5.74) is 0.00446. The van der Waals surface area contributed by atoms with Crippen molar-refractivity contribution in [3.8, 4) is 5.75 Å². The Morgan fingerprint density at radius 1 is 1.38 bits per heavy atom. The Hall–Kier alpha value is -1.55. The van der Waals surface area contributed by atoms with E-state index in [-0.39, 0.29) is 23.0 Å². The van der Waals surface area contributed by atoms with E-state index in [1.54, 1.807) is 12.2 Å². The summed E-state index contributed by atoms with van der Waals surface area (Å²) in [6.45, 7) is 2.53. The third-order valence-electron chi connectivity index (χ3n) is 4.82. The van der Waals surface area contributed by atoms with Crippen LogP contribution in [0.2, 0.25) is 0 Å². The van der Waals surface area contributed by atoms with Crippen molar-refractivity contribution in [3.05, 3.63) is 42.0 Å². The zero-order valence-electron chi connectivity index (χ0n) is 16.4. The van der Waals surface area contributed by atoms with Crippen molar-refractivity contribution in [1.29, 1.82) is 0 Å². The average Bonchev–Trinajstić information content (AvgIpc) is 3.44. The average molecular weight is 441 g/mol. The van der Waals surface area contributed by atoms with Crippen molar-refractivity contribution in [2.75, 3.05) is 12.4 Å². The van der Waals surface area contributed by atoms with Crippen molar-refractivity contribution in [2.24, 2.45) is 5.92 Å². The van der Waals surface area contributed by atoms with Crippen LogP contribution in [0, 0.1) is 5.92 Å². The summed E-state index contributed by atoms with van der Waals surface area (Å²) >= 11 is 1.16. The number of amides is 1. The van der Waals surface area contributed by atoms with Crippen LogP contribution in [-0.4, -0.2) is 42.6 Å². The lowest BCUT2D eigenvalue weighted by atomic mass is 10.1. The summed E-state index contributed by atoms with van der Waals surface area (Å²) in [6.07, 6.45) is 6.81. The molecule has 1 aliphatic heterocycles. The molecule has 1 aromatic rings. The summed E-state index contributed by atoms with van der Waals surface area (Å²) in [5.74, 6) is 1.20. The van der Waals surface area contributed by atoms with E-state index in [1.165, 1.54) is 12.8 Å². The zero-order chi connectivity index (χ0) is 20.9. The molecule has 9 heteroatoms. The van der Waals surface area contributed by atoms with Gasteiger partial charge in [-0.2, -0.15) is 0 Å². The molecule has 1 aromatic carbocycles. The van der Waals surface area contributed by atoms with Crippen LogP contribution in [0.1, 0.15) is 44.2 Å². The Morgan fingerprint density at radius 2 is 2.17 bits per heavy atom. The SMILES string of the molecule is C[C@@H](NS(=O)(=O)CC/C=C/CC1SC(O)NC1=O)c1cccc(OCC2CC2)c1. The molecule has 1 saturated heterocycles. The van der Waals surface area contributed by atoms with Gasteiger partial charge in [0.25, 0.3) is 0 Å². The Bertz CT molecular complexity index is 839. The number of hydrogen-bond acceptors (Lipinski definition) is 6. The first-order valence-electron chi connectivity index (χ1n) is 9.84. The molecule has 1 heterocycles. The lowest BCUT2D eigenvalue weighted by Crippen LogP contribution is -2.29. The summed E-state index contributed by atoms with van der Waals surface area (Å²) in [4.78, 5) is 11.5. The number of nitrogens with one attached hydrogen (secondary N) is 2. The van der Waals surface area contributed by atoms with Crippen molar-refractivity contribution in [2.45, 2.75) is 49.5 Å². The fraction of sp³-hybridized carbons (Fsp3) is 0.550. The quantitative estimate of drug-likeness (QED) is 0.456. The second kappa shape index (κ2) is 9.97. The normalized spacial score (nSPS) is 23.3. The third-order valence-corrected chi connectivity index (χ3v) is 7.41. The van der Waals surface area contributed by atoms with E-state index in [0.29, 0.717) is 18.8 Å². The van der Waals surface area contributed by atoms with E-state index < -0.39 is 15.6 Å². The van der Waals surface area contributed by atoms with Gasteiger partial charge in [-0.3, -0.25) is 4.79 Å². The van der Waals surface area contributed by atoms with Crippen LogP contribution < -0.4 is 14.8 Å². The lowest BCUT2D eigenvalue weighted by molar-refractivity contribution is -0.121. The van der Waals surface area contributed by atoms with E-state index >= 15 is 0 Å². The van der Waals surface area contributed by atoms with Crippen molar-refractivity contribution in [3.63, 3.8) is 0 Å². The zero-order valence-corrected chi connectivity index (χ0v) is 18.0. The highest BCUT2D eigenvalue weighted by Crippen LogP contribution is 2.30. The molecule has 2 aliphatic rings. The molecular weight excluding hydrogens is 412 g/mol. The minimum atomic E-state index is -3.44. The lowest BCUT2D eigenvalue weighted by Gasteiger charge is -2.15. The van der Waals surface area contributed by atoms with Crippen LogP contribution in [0.3, 0.4) is 0 Å². The molecule has 0 aromatic heterocycles. The molecule has 29 heavy (non-hydrogen) atoms. The first-order chi connectivity index (χ1) is 13.8. The van der Waals surface area contributed by atoms with Gasteiger partial charge in [-0.25, -0.2) is 13.1 Å². The molecule has 2 unspecified atom stereocenters. The molecule has 1 saturated carbocycles. The molecule has 0 bridgehead atoms. The number of rotatable bonds is 11. The molecule has 3 atom stereocenters. The van der Waals surface area contributed by atoms with Gasteiger partial charge in [-0.15, -0.1) is 0 Å². The van der Waals surface area contributed by atoms with Gasteiger partial charge in [-0.05, 0) is 56.2 Å². The number of hydrogen-bond donors (Lipinski definition) is 3. The van der Waals surface area contributed by atoms with Gasteiger partial charge in [0.05, 0.1) is 17.6 Å². The Kier molecular flexibility index (Phi) is 7.61. The fourth-order valence-corrected chi connectivity index (χ4v) is 5.11. The standard InChI is InChI=1S/C20H28N2O5S2/c1-14(16-6-5-7-17(12-16)27-13-15-9-10-15)22-29(25,26)11-4-2-3-8-18-19(23)21-20(24)28-18/h2-3,5-7,12,14-15,18,20,22,24H,4,8-11,13H2,1H3,(H,21,23)/b3-2+/t14-,18?,20?/m1/s1. The largest absolute Gasteiger partial charge is 0.493 e. The third kappa shape index (κ3) is 7.33. The highest BCUT2D eigenvalue weighted by atomic mass is 32.2. The summed E-state index contributed by atoms with van der Waals surface area (Å²) in [6, 6.07) is 7.18. The van der Waals surface area contributed by atoms with Gasteiger partial charge in [-0.1, -0.05) is 36.0 Å². The van der Waals surface area contributed by atoms with Gasteiger partial charge >= 0.3 is 0 Å². The van der Waals surface area contributed by atoms with Crippen LogP contribution in [-0.2, 0) is 14.8 Å². The van der Waals surface area contributed by atoms with Crippen LogP contribution in [0.15, 0.2) is 36.4 Å². The predicted octanol–water partition coefficient (Wildman–Crippen LogP) is 2.30. The van der Waals surface area contributed by atoms with Gasteiger partial charge < -0.3 is 15.2 Å². The minimum Gasteiger partial charge on any atom is -0.493 e. The molecule has 1 aliphatic carbocycles. The summed E-state index contributed by atoms with van der Waals surface area (Å²) in [7, 11) is -3.44. The second-order valence-electron chi connectivity index (χ2n) is 7.47. The number of aliphatic hydroxyl groups is 1. The number of aliphatic hydroxyl groups excluding tert-OH is 1.